The molecule has 2 aliphatic heterocycles. The molecule has 0 spiro atoms. The van der Waals surface area contributed by atoms with Gasteiger partial charge in [-0.15, -0.1) is 0 Å². The Hall–Kier alpha value is -8.20. The summed E-state index contributed by atoms with van der Waals surface area (Å²) in [4.78, 5) is 4.91. The second kappa shape index (κ2) is 14.7. The Balaban J connectivity index is 1.16. The Labute approximate surface area is 373 Å². The van der Waals surface area contributed by atoms with Gasteiger partial charge < -0.3 is 9.80 Å². The number of rotatable bonds is 4. The number of aryl methyl sites for hydroxylation is 1. The molecule has 0 radical (unpaired) electrons. The molecular weight excluding hydrogens is 773 g/mol. The number of allylic oxidation sites excluding steroid dienone is 1. The molecule has 3 aliphatic rings. The van der Waals surface area contributed by atoms with E-state index < -0.39 is 0 Å². The van der Waals surface area contributed by atoms with E-state index in [4.69, 9.17) is 0 Å². The van der Waals surface area contributed by atoms with Gasteiger partial charge in [-0.2, -0.15) is 0 Å². The van der Waals surface area contributed by atoms with Crippen molar-refractivity contribution in [2.75, 3.05) is 9.80 Å². The lowest BCUT2D eigenvalue weighted by atomic mass is 9.84. The minimum atomic E-state index is 1.06. The van der Waals surface area contributed by atoms with E-state index >= 15 is 0 Å². The van der Waals surface area contributed by atoms with Crippen LogP contribution < -0.4 is 9.80 Å². The Morgan fingerprint density at radius 1 is 0.312 bits per heavy atom. The number of hydrogen-bond donors (Lipinski definition) is 0. The zero-order valence-electron chi connectivity index (χ0n) is 35.2. The molecule has 2 nitrogen and oxygen atoms in total. The summed E-state index contributed by atoms with van der Waals surface area (Å²) < 4.78 is 0. The lowest BCUT2D eigenvalue weighted by Crippen LogP contribution is -2.12. The second-order valence-electron chi connectivity index (χ2n) is 17.2. The highest BCUT2D eigenvalue weighted by Crippen LogP contribution is 2.51. The van der Waals surface area contributed by atoms with E-state index in [9.17, 15) is 0 Å². The SMILES string of the molecule is C1=Cc2cc(-c3c4cc(N5c6ccccc6C=Cc6ccccc65)ccc4c(-c4ccc5ccccc5c4)c4ccc(N5c6ccccc6C=Cc6ccccc65)cc34)ccc2CC1. The first kappa shape index (κ1) is 36.5. The van der Waals surface area contributed by atoms with Gasteiger partial charge in [-0.25, -0.2) is 0 Å². The number of fused-ring (bicyclic) bond motifs is 8. The van der Waals surface area contributed by atoms with Gasteiger partial charge >= 0.3 is 0 Å². The van der Waals surface area contributed by atoms with E-state index in [0.29, 0.717) is 0 Å². The molecule has 0 amide bonds. The van der Waals surface area contributed by atoms with Crippen molar-refractivity contribution in [3.8, 4) is 22.3 Å². The summed E-state index contributed by atoms with van der Waals surface area (Å²) in [5.74, 6) is 0. The largest absolute Gasteiger partial charge is 0.309 e. The summed E-state index contributed by atoms with van der Waals surface area (Å²) in [6, 6.07) is 72.3. The molecule has 0 saturated carbocycles. The van der Waals surface area contributed by atoms with Gasteiger partial charge in [-0.3, -0.25) is 0 Å². The lowest BCUT2D eigenvalue weighted by molar-refractivity contribution is 0.986. The van der Waals surface area contributed by atoms with Gasteiger partial charge in [0.1, 0.15) is 0 Å². The fourth-order valence-electron chi connectivity index (χ4n) is 10.5. The Bertz CT molecular complexity index is 3380. The number of nitrogens with zero attached hydrogens (tertiary/aromatic N) is 2. The van der Waals surface area contributed by atoms with Crippen LogP contribution in [0.25, 0.3) is 85.0 Å². The molecule has 64 heavy (non-hydrogen) atoms. The maximum atomic E-state index is 2.47. The van der Waals surface area contributed by atoms with E-state index in [1.165, 1.54) is 88.0 Å². The summed E-state index contributed by atoms with van der Waals surface area (Å²) in [5, 5.41) is 7.36. The fraction of sp³-hybridized carbons (Fsp3) is 0.0323. The van der Waals surface area contributed by atoms with E-state index in [2.05, 4.69) is 240 Å². The average molecular weight is 815 g/mol. The van der Waals surface area contributed by atoms with E-state index in [0.717, 1.165) is 47.0 Å². The van der Waals surface area contributed by atoms with Gasteiger partial charge in [-0.1, -0.05) is 170 Å². The van der Waals surface area contributed by atoms with Gasteiger partial charge in [0.25, 0.3) is 0 Å². The van der Waals surface area contributed by atoms with E-state index in [1.807, 2.05) is 0 Å². The maximum absolute atomic E-state index is 2.47. The smallest absolute Gasteiger partial charge is 0.0534 e. The predicted octanol–water partition coefficient (Wildman–Crippen LogP) is 17.3. The van der Waals surface area contributed by atoms with Crippen LogP contribution in [0.2, 0.25) is 0 Å². The summed E-state index contributed by atoms with van der Waals surface area (Å²) >= 11 is 0. The molecule has 0 atom stereocenters. The number of hydrogen-bond acceptors (Lipinski definition) is 2. The zero-order chi connectivity index (χ0) is 42.1. The van der Waals surface area contributed by atoms with Crippen molar-refractivity contribution in [1.82, 2.24) is 0 Å². The third kappa shape index (κ3) is 5.87. The molecule has 0 unspecified atom stereocenters. The fourth-order valence-corrected chi connectivity index (χ4v) is 10.5. The van der Waals surface area contributed by atoms with Crippen LogP contribution in [0.4, 0.5) is 34.1 Å². The molecule has 10 aromatic carbocycles. The average Bonchev–Trinajstić information content (AvgIpc) is 3.63. The number of para-hydroxylation sites is 4. The molecule has 0 aromatic heterocycles. The summed E-state index contributed by atoms with van der Waals surface area (Å²) in [6.45, 7) is 0. The molecule has 0 N–H and O–H groups in total. The first-order valence-electron chi connectivity index (χ1n) is 22.4. The topological polar surface area (TPSA) is 6.48 Å². The van der Waals surface area contributed by atoms with Gasteiger partial charge in [0, 0.05) is 11.4 Å². The van der Waals surface area contributed by atoms with Crippen LogP contribution in [0.15, 0.2) is 200 Å². The molecule has 0 fully saturated rings. The van der Waals surface area contributed by atoms with Crippen molar-refractivity contribution in [3.05, 3.63) is 234 Å². The molecule has 0 bridgehead atoms. The van der Waals surface area contributed by atoms with Crippen molar-refractivity contribution in [2.24, 2.45) is 0 Å². The predicted molar refractivity (Wildman–Crippen MR) is 274 cm³/mol. The van der Waals surface area contributed by atoms with Gasteiger partial charge in [-0.05, 0) is 161 Å². The molecule has 1 aliphatic carbocycles. The molecule has 10 aromatic rings. The summed E-state index contributed by atoms with van der Waals surface area (Å²) in [5.41, 5.74) is 19.3. The van der Waals surface area contributed by atoms with Crippen molar-refractivity contribution in [2.45, 2.75) is 12.8 Å². The first-order valence-corrected chi connectivity index (χ1v) is 22.4. The first-order chi connectivity index (χ1) is 31.7. The molecule has 2 heteroatoms. The molecule has 13 rings (SSSR count). The summed E-state index contributed by atoms with van der Waals surface area (Å²) in [7, 11) is 0. The third-order valence-corrected chi connectivity index (χ3v) is 13.5. The van der Waals surface area contributed by atoms with Gasteiger partial charge in [0.05, 0.1) is 22.7 Å². The van der Waals surface area contributed by atoms with Crippen molar-refractivity contribution >= 4 is 96.8 Å². The molecule has 300 valence electrons. The number of benzene rings is 10. The monoisotopic (exact) mass is 814 g/mol. The van der Waals surface area contributed by atoms with Crippen LogP contribution >= 0.6 is 0 Å². The Morgan fingerprint density at radius 2 is 0.766 bits per heavy atom. The Morgan fingerprint density at radius 3 is 1.31 bits per heavy atom. The summed E-state index contributed by atoms with van der Waals surface area (Å²) in [6.07, 6.45) is 15.8. The zero-order valence-corrected chi connectivity index (χ0v) is 35.2. The normalized spacial score (nSPS) is 13.6. The third-order valence-electron chi connectivity index (χ3n) is 13.5. The lowest BCUT2D eigenvalue weighted by Gasteiger charge is -2.29. The second-order valence-corrected chi connectivity index (χ2v) is 17.2. The molecule has 0 saturated heterocycles. The van der Waals surface area contributed by atoms with Crippen molar-refractivity contribution in [3.63, 3.8) is 0 Å². The standard InChI is InChI=1S/C62H42N2/c1-3-19-47-37-49(31-25-41(47)13-1)61-53-35-33-51(63-57-21-9-5-15-43(57)27-28-44-16-6-10-22-58(44)63)39-55(53)62(50-32-26-42-14-2-4-20-48(42)38-50)56-40-52(34-36-54(56)61)64-59-23-11-7-17-45(59)29-30-46-18-8-12-24-60(46)64/h1,3-13,15-40H,2,14H2. The van der Waals surface area contributed by atoms with Crippen LogP contribution in [-0.2, 0) is 6.42 Å². The molecule has 2 heterocycles. The highest BCUT2D eigenvalue weighted by atomic mass is 15.2. The van der Waals surface area contributed by atoms with Gasteiger partial charge in [0.15, 0.2) is 0 Å². The highest BCUT2D eigenvalue weighted by Gasteiger charge is 2.26. The maximum Gasteiger partial charge on any atom is 0.0534 e. The minimum absolute atomic E-state index is 1.06. The minimum Gasteiger partial charge on any atom is -0.309 e. The van der Waals surface area contributed by atoms with Crippen LogP contribution in [0.1, 0.15) is 39.8 Å². The number of anilines is 6. The van der Waals surface area contributed by atoms with Crippen molar-refractivity contribution < 1.29 is 0 Å². The van der Waals surface area contributed by atoms with Crippen molar-refractivity contribution in [1.29, 1.82) is 0 Å². The van der Waals surface area contributed by atoms with Crippen LogP contribution in [0.3, 0.4) is 0 Å². The quantitative estimate of drug-likeness (QED) is 0.163. The Kier molecular flexibility index (Phi) is 8.39. The van der Waals surface area contributed by atoms with E-state index in [-0.39, 0.29) is 0 Å². The van der Waals surface area contributed by atoms with Gasteiger partial charge in [0.2, 0.25) is 0 Å². The highest BCUT2D eigenvalue weighted by molar-refractivity contribution is 6.23. The van der Waals surface area contributed by atoms with E-state index in [1.54, 1.807) is 0 Å². The van der Waals surface area contributed by atoms with Crippen LogP contribution in [0.5, 0.6) is 0 Å². The molecular formula is C62H42N2. The van der Waals surface area contributed by atoms with Crippen LogP contribution in [-0.4, -0.2) is 0 Å². The van der Waals surface area contributed by atoms with Crippen LogP contribution in [0, 0.1) is 0 Å².